The lowest BCUT2D eigenvalue weighted by molar-refractivity contribution is 0.379. The Balaban J connectivity index is 1.91. The fraction of sp³-hybridized carbons (Fsp3) is 0.545. The summed E-state index contributed by atoms with van der Waals surface area (Å²) in [4.78, 5) is 7.74. The molecule has 88 valence electrons. The van der Waals surface area contributed by atoms with Crippen LogP contribution in [0.15, 0.2) is 17.8 Å². The van der Waals surface area contributed by atoms with Gasteiger partial charge < -0.3 is 10.6 Å². The molecule has 0 saturated carbocycles. The third-order valence-electron chi connectivity index (χ3n) is 2.56. The number of nitrogens with two attached hydrogens (primary N) is 1. The summed E-state index contributed by atoms with van der Waals surface area (Å²) in [6.45, 7) is 1.03. The molecule has 0 fully saturated rings. The third-order valence-corrected chi connectivity index (χ3v) is 3.33. The van der Waals surface area contributed by atoms with Crippen LogP contribution in [-0.2, 0) is 6.42 Å². The summed E-state index contributed by atoms with van der Waals surface area (Å²) in [5.41, 5.74) is 7.17. The maximum Gasteiger partial charge on any atom is 0.193 e. The summed E-state index contributed by atoms with van der Waals surface area (Å²) in [6, 6.07) is 0.201. The van der Waals surface area contributed by atoms with Crippen molar-refractivity contribution in [3.8, 4) is 0 Å². The van der Waals surface area contributed by atoms with Gasteiger partial charge in [-0.3, -0.25) is 4.40 Å². The molecule has 2 N–H and O–H groups in total. The minimum absolute atomic E-state index is 0.201. The molecule has 16 heavy (non-hydrogen) atoms. The summed E-state index contributed by atoms with van der Waals surface area (Å²) in [5.74, 6) is 0. The number of nitrogens with zero attached hydrogens (tertiary/aromatic N) is 3. The van der Waals surface area contributed by atoms with Gasteiger partial charge in [0.2, 0.25) is 0 Å². The first-order valence-corrected chi connectivity index (χ1v) is 6.34. The Morgan fingerprint density at radius 2 is 2.38 bits per heavy atom. The monoisotopic (exact) mass is 238 g/mol. The highest BCUT2D eigenvalue weighted by Gasteiger charge is 2.08. The average molecular weight is 238 g/mol. The Kier molecular flexibility index (Phi) is 3.58. The molecule has 0 saturated heterocycles. The van der Waals surface area contributed by atoms with Crippen LogP contribution >= 0.6 is 11.3 Å². The lowest BCUT2D eigenvalue weighted by atomic mass is 10.1. The van der Waals surface area contributed by atoms with E-state index in [-0.39, 0.29) is 6.04 Å². The van der Waals surface area contributed by atoms with Crippen molar-refractivity contribution in [1.82, 2.24) is 14.3 Å². The third kappa shape index (κ3) is 2.81. The zero-order valence-corrected chi connectivity index (χ0v) is 10.6. The van der Waals surface area contributed by atoms with Gasteiger partial charge in [-0.2, -0.15) is 0 Å². The van der Waals surface area contributed by atoms with Crippen LogP contribution < -0.4 is 5.73 Å². The summed E-state index contributed by atoms with van der Waals surface area (Å²) in [7, 11) is 4.14. The molecule has 0 radical (unpaired) electrons. The van der Waals surface area contributed by atoms with Crippen LogP contribution in [0.25, 0.3) is 4.96 Å². The number of aromatic nitrogens is 2. The zero-order chi connectivity index (χ0) is 11.5. The molecule has 2 rings (SSSR count). The van der Waals surface area contributed by atoms with Gasteiger partial charge in [0.25, 0.3) is 0 Å². The molecule has 0 aromatic carbocycles. The number of imidazole rings is 1. The molecule has 0 amide bonds. The second-order valence-corrected chi connectivity index (χ2v) is 5.25. The van der Waals surface area contributed by atoms with Crippen molar-refractivity contribution in [1.29, 1.82) is 0 Å². The van der Waals surface area contributed by atoms with E-state index in [1.54, 1.807) is 11.3 Å². The van der Waals surface area contributed by atoms with Gasteiger partial charge in [-0.25, -0.2) is 4.98 Å². The minimum atomic E-state index is 0.201. The molecule has 0 aliphatic rings. The number of hydrogen-bond donors (Lipinski definition) is 1. The highest BCUT2D eigenvalue weighted by molar-refractivity contribution is 7.15. The van der Waals surface area contributed by atoms with Crippen molar-refractivity contribution in [2.45, 2.75) is 18.9 Å². The number of fused-ring (bicyclic) bond motifs is 1. The topological polar surface area (TPSA) is 46.6 Å². The quantitative estimate of drug-likeness (QED) is 0.852. The number of hydrogen-bond acceptors (Lipinski definition) is 4. The van der Waals surface area contributed by atoms with Crippen molar-refractivity contribution in [3.05, 3.63) is 23.5 Å². The standard InChI is InChI=1S/C11H18N4S/c1-14(2)4-3-9(12)7-10-8-15-5-6-16-11(15)13-10/h5-6,8-9H,3-4,7,12H2,1-2H3. The van der Waals surface area contributed by atoms with Crippen LogP contribution in [0.1, 0.15) is 12.1 Å². The van der Waals surface area contributed by atoms with Crippen molar-refractivity contribution in [2.75, 3.05) is 20.6 Å². The molecule has 0 spiro atoms. The van der Waals surface area contributed by atoms with Gasteiger partial charge in [-0.1, -0.05) is 0 Å². The van der Waals surface area contributed by atoms with Gasteiger partial charge in [0.1, 0.15) is 0 Å². The summed E-state index contributed by atoms with van der Waals surface area (Å²) >= 11 is 1.66. The minimum Gasteiger partial charge on any atom is -0.327 e. The lowest BCUT2D eigenvalue weighted by Crippen LogP contribution is -2.28. The predicted octanol–water partition coefficient (Wildman–Crippen LogP) is 1.22. The van der Waals surface area contributed by atoms with Gasteiger partial charge in [0.05, 0.1) is 5.69 Å². The number of thiazole rings is 1. The van der Waals surface area contributed by atoms with Crippen molar-refractivity contribution in [2.24, 2.45) is 5.73 Å². The van der Waals surface area contributed by atoms with E-state index in [1.165, 1.54) is 0 Å². The van der Waals surface area contributed by atoms with Crippen LogP contribution in [0.2, 0.25) is 0 Å². The molecule has 0 aliphatic carbocycles. The summed E-state index contributed by atoms with van der Waals surface area (Å²) in [5, 5.41) is 2.04. The van der Waals surface area contributed by atoms with E-state index in [0.717, 1.165) is 30.0 Å². The largest absolute Gasteiger partial charge is 0.327 e. The SMILES string of the molecule is CN(C)CCC(N)Cc1cn2ccsc2n1. The van der Waals surface area contributed by atoms with Crippen LogP contribution in [0.3, 0.4) is 0 Å². The molecule has 4 nitrogen and oxygen atoms in total. The average Bonchev–Trinajstić information content (AvgIpc) is 2.74. The van der Waals surface area contributed by atoms with Gasteiger partial charge in [0, 0.05) is 30.2 Å². The van der Waals surface area contributed by atoms with Crippen molar-refractivity contribution in [3.63, 3.8) is 0 Å². The Hall–Kier alpha value is -0.910. The van der Waals surface area contributed by atoms with Crippen molar-refractivity contribution < 1.29 is 0 Å². The van der Waals surface area contributed by atoms with Gasteiger partial charge in [-0.05, 0) is 27.1 Å². The number of rotatable bonds is 5. The first-order valence-electron chi connectivity index (χ1n) is 5.46. The summed E-state index contributed by atoms with van der Waals surface area (Å²) in [6.07, 6.45) is 5.98. The van der Waals surface area contributed by atoms with Crippen LogP contribution in [0.5, 0.6) is 0 Å². The molecule has 2 aromatic rings. The van der Waals surface area contributed by atoms with Crippen LogP contribution in [-0.4, -0.2) is 41.0 Å². The van der Waals surface area contributed by atoms with E-state index in [0.29, 0.717) is 0 Å². The highest BCUT2D eigenvalue weighted by atomic mass is 32.1. The molecule has 2 heterocycles. The fourth-order valence-corrected chi connectivity index (χ4v) is 2.39. The fourth-order valence-electron chi connectivity index (χ4n) is 1.67. The molecule has 1 unspecified atom stereocenters. The maximum atomic E-state index is 6.07. The first-order chi connectivity index (χ1) is 7.65. The normalized spacial score (nSPS) is 13.8. The molecule has 0 aliphatic heterocycles. The second kappa shape index (κ2) is 4.95. The van der Waals surface area contributed by atoms with E-state index in [9.17, 15) is 0 Å². The Morgan fingerprint density at radius 1 is 1.56 bits per heavy atom. The van der Waals surface area contributed by atoms with E-state index in [2.05, 4.69) is 34.6 Å². The highest BCUT2D eigenvalue weighted by Crippen LogP contribution is 2.12. The molecule has 2 aromatic heterocycles. The zero-order valence-electron chi connectivity index (χ0n) is 9.76. The Bertz CT molecular complexity index is 417. The maximum absolute atomic E-state index is 6.07. The molecular weight excluding hydrogens is 220 g/mol. The second-order valence-electron chi connectivity index (χ2n) is 4.38. The van der Waals surface area contributed by atoms with Gasteiger partial charge >= 0.3 is 0 Å². The van der Waals surface area contributed by atoms with Gasteiger partial charge in [0.15, 0.2) is 4.96 Å². The molecular formula is C11H18N4S. The van der Waals surface area contributed by atoms with Gasteiger partial charge in [-0.15, -0.1) is 11.3 Å². The van der Waals surface area contributed by atoms with E-state index in [1.807, 2.05) is 11.6 Å². The smallest absolute Gasteiger partial charge is 0.193 e. The van der Waals surface area contributed by atoms with Crippen LogP contribution in [0.4, 0.5) is 0 Å². The van der Waals surface area contributed by atoms with E-state index < -0.39 is 0 Å². The summed E-state index contributed by atoms with van der Waals surface area (Å²) < 4.78 is 2.05. The Morgan fingerprint density at radius 3 is 3.06 bits per heavy atom. The van der Waals surface area contributed by atoms with E-state index >= 15 is 0 Å². The van der Waals surface area contributed by atoms with Crippen molar-refractivity contribution >= 4 is 16.3 Å². The lowest BCUT2D eigenvalue weighted by Gasteiger charge is -2.13. The molecule has 0 bridgehead atoms. The van der Waals surface area contributed by atoms with Crippen LogP contribution in [0, 0.1) is 0 Å². The predicted molar refractivity (Wildman–Crippen MR) is 67.9 cm³/mol. The first kappa shape index (κ1) is 11.6. The Labute approximate surface area is 99.7 Å². The molecule has 1 atom stereocenters. The van der Waals surface area contributed by atoms with E-state index in [4.69, 9.17) is 5.73 Å². The molecule has 5 heteroatoms.